The molecular formula is C13H17N2O3. The fraction of sp³-hybridized carbons (Fsp3) is 0.462. The number of benzene rings is 1. The van der Waals surface area contributed by atoms with Gasteiger partial charge in [-0.25, -0.2) is 4.79 Å². The number of urea groups is 1. The number of nitrogens with one attached hydrogen (secondary N) is 1. The molecule has 0 aromatic heterocycles. The zero-order valence-electron chi connectivity index (χ0n) is 10.2. The van der Waals surface area contributed by atoms with E-state index >= 15 is 0 Å². The highest BCUT2D eigenvalue weighted by atomic mass is 16.5. The van der Waals surface area contributed by atoms with Crippen molar-refractivity contribution in [1.29, 1.82) is 0 Å². The molecule has 0 atom stereocenters. The number of carbonyl (C=O) groups is 1. The number of nitrogens with zero attached hydrogens (tertiary/aromatic N) is 1. The minimum absolute atomic E-state index is 0.0525. The number of amides is 2. The summed E-state index contributed by atoms with van der Waals surface area (Å²) < 4.78 is 10.6. The van der Waals surface area contributed by atoms with E-state index in [0.717, 1.165) is 5.75 Å². The summed E-state index contributed by atoms with van der Waals surface area (Å²) in [6.07, 6.45) is 0. The summed E-state index contributed by atoms with van der Waals surface area (Å²) in [6, 6.07) is 10.1. The van der Waals surface area contributed by atoms with E-state index in [1.54, 1.807) is 17.0 Å². The lowest BCUT2D eigenvalue weighted by Crippen LogP contribution is -2.47. The van der Waals surface area contributed by atoms with Crippen molar-refractivity contribution in [2.24, 2.45) is 0 Å². The molecule has 1 N–H and O–H groups in total. The fourth-order valence-corrected chi connectivity index (χ4v) is 1.67. The van der Waals surface area contributed by atoms with Gasteiger partial charge in [0, 0.05) is 13.1 Å². The van der Waals surface area contributed by atoms with Crippen molar-refractivity contribution in [2.45, 2.75) is 0 Å². The summed E-state index contributed by atoms with van der Waals surface area (Å²) >= 11 is 0. The molecule has 0 unspecified atom stereocenters. The Kier molecular flexibility index (Phi) is 4.84. The SMILES string of the molecule is O=C(NCCOc1cc[c]cc1)N1CCOCC1. The first-order chi connectivity index (χ1) is 8.86. The summed E-state index contributed by atoms with van der Waals surface area (Å²) in [5.41, 5.74) is 0. The Morgan fingerprint density at radius 2 is 2.11 bits per heavy atom. The summed E-state index contributed by atoms with van der Waals surface area (Å²) in [4.78, 5) is 13.5. The second-order valence-corrected chi connectivity index (χ2v) is 3.92. The predicted molar refractivity (Wildman–Crippen MR) is 66.6 cm³/mol. The van der Waals surface area contributed by atoms with Gasteiger partial charge in [-0.15, -0.1) is 0 Å². The molecule has 0 spiro atoms. The molecule has 1 saturated heterocycles. The third kappa shape index (κ3) is 3.92. The minimum atomic E-state index is -0.0525. The van der Waals surface area contributed by atoms with Gasteiger partial charge in [0.2, 0.25) is 0 Å². The molecule has 1 radical (unpaired) electrons. The smallest absolute Gasteiger partial charge is 0.317 e. The highest BCUT2D eigenvalue weighted by molar-refractivity contribution is 5.74. The van der Waals surface area contributed by atoms with Crippen LogP contribution in [0.5, 0.6) is 5.75 Å². The van der Waals surface area contributed by atoms with Crippen LogP contribution in [0.1, 0.15) is 0 Å². The van der Waals surface area contributed by atoms with E-state index in [4.69, 9.17) is 9.47 Å². The van der Waals surface area contributed by atoms with Gasteiger partial charge in [0.15, 0.2) is 0 Å². The highest BCUT2D eigenvalue weighted by Crippen LogP contribution is 2.07. The van der Waals surface area contributed by atoms with Crippen molar-refractivity contribution < 1.29 is 14.3 Å². The van der Waals surface area contributed by atoms with Crippen LogP contribution in [0.2, 0.25) is 0 Å². The van der Waals surface area contributed by atoms with Gasteiger partial charge in [-0.2, -0.15) is 0 Å². The first-order valence-electron chi connectivity index (χ1n) is 6.06. The van der Waals surface area contributed by atoms with Crippen LogP contribution in [0.4, 0.5) is 4.79 Å². The van der Waals surface area contributed by atoms with Gasteiger partial charge in [-0.05, 0) is 18.2 Å². The summed E-state index contributed by atoms with van der Waals surface area (Å²) in [6.45, 7) is 3.49. The lowest BCUT2D eigenvalue weighted by Gasteiger charge is -2.26. The normalized spacial score (nSPS) is 15.2. The van der Waals surface area contributed by atoms with Crippen molar-refractivity contribution in [3.05, 3.63) is 30.3 Å². The molecule has 0 bridgehead atoms. The molecule has 1 aliphatic heterocycles. The van der Waals surface area contributed by atoms with Crippen LogP contribution in [0.25, 0.3) is 0 Å². The van der Waals surface area contributed by atoms with Crippen LogP contribution in [0.3, 0.4) is 0 Å². The molecule has 18 heavy (non-hydrogen) atoms. The highest BCUT2D eigenvalue weighted by Gasteiger charge is 2.15. The molecule has 5 nitrogen and oxygen atoms in total. The summed E-state index contributed by atoms with van der Waals surface area (Å²) in [7, 11) is 0. The molecule has 1 aromatic rings. The number of hydrogen-bond acceptors (Lipinski definition) is 3. The standard InChI is InChI=1S/C13H17N2O3/c16-13(15-7-10-17-11-8-15)14-6-9-18-12-4-2-1-3-5-12/h2-5H,6-11H2,(H,14,16). The van der Waals surface area contributed by atoms with Gasteiger partial charge in [-0.3, -0.25) is 0 Å². The van der Waals surface area contributed by atoms with Crippen molar-refractivity contribution in [3.63, 3.8) is 0 Å². The second-order valence-electron chi connectivity index (χ2n) is 3.92. The van der Waals surface area contributed by atoms with Gasteiger partial charge in [0.1, 0.15) is 12.4 Å². The van der Waals surface area contributed by atoms with Gasteiger partial charge in [0.25, 0.3) is 0 Å². The van der Waals surface area contributed by atoms with E-state index in [1.807, 2.05) is 12.1 Å². The van der Waals surface area contributed by atoms with Gasteiger partial charge in [0.05, 0.1) is 19.8 Å². The maximum absolute atomic E-state index is 11.7. The number of carbonyl (C=O) groups excluding carboxylic acids is 1. The molecule has 1 heterocycles. The van der Waals surface area contributed by atoms with Crippen molar-refractivity contribution in [3.8, 4) is 5.75 Å². The molecule has 5 heteroatoms. The molecular weight excluding hydrogens is 232 g/mol. The maximum atomic E-state index is 11.7. The van der Waals surface area contributed by atoms with Crippen molar-refractivity contribution >= 4 is 6.03 Å². The van der Waals surface area contributed by atoms with E-state index in [2.05, 4.69) is 11.4 Å². The van der Waals surface area contributed by atoms with E-state index in [1.165, 1.54) is 0 Å². The van der Waals surface area contributed by atoms with Crippen LogP contribution < -0.4 is 10.1 Å². The van der Waals surface area contributed by atoms with Gasteiger partial charge >= 0.3 is 6.03 Å². The first kappa shape index (κ1) is 12.7. The fourth-order valence-electron chi connectivity index (χ4n) is 1.67. The average molecular weight is 249 g/mol. The van der Waals surface area contributed by atoms with Gasteiger partial charge in [-0.1, -0.05) is 12.1 Å². The van der Waals surface area contributed by atoms with Crippen molar-refractivity contribution in [2.75, 3.05) is 39.5 Å². The molecule has 2 amide bonds. The van der Waals surface area contributed by atoms with Crippen LogP contribution in [-0.2, 0) is 4.74 Å². The largest absolute Gasteiger partial charge is 0.492 e. The Bertz CT molecular complexity index is 364. The lowest BCUT2D eigenvalue weighted by atomic mass is 10.3. The Labute approximate surface area is 107 Å². The summed E-state index contributed by atoms with van der Waals surface area (Å²) in [5.74, 6) is 0.786. The van der Waals surface area contributed by atoms with E-state index in [9.17, 15) is 4.79 Å². The van der Waals surface area contributed by atoms with E-state index in [-0.39, 0.29) is 6.03 Å². The molecule has 1 aliphatic rings. The first-order valence-corrected chi connectivity index (χ1v) is 6.06. The molecule has 97 valence electrons. The molecule has 1 aromatic carbocycles. The van der Waals surface area contributed by atoms with Crippen LogP contribution >= 0.6 is 0 Å². The Balaban J connectivity index is 1.61. The van der Waals surface area contributed by atoms with E-state index < -0.39 is 0 Å². The number of morpholine rings is 1. The summed E-state index contributed by atoms with van der Waals surface area (Å²) in [5, 5.41) is 2.82. The van der Waals surface area contributed by atoms with Crippen LogP contribution in [0.15, 0.2) is 24.3 Å². The minimum Gasteiger partial charge on any atom is -0.492 e. The quantitative estimate of drug-likeness (QED) is 0.807. The van der Waals surface area contributed by atoms with Crippen molar-refractivity contribution in [1.82, 2.24) is 10.2 Å². The number of ether oxygens (including phenoxy) is 2. The third-order valence-corrected chi connectivity index (χ3v) is 2.63. The molecule has 0 saturated carbocycles. The number of rotatable bonds is 4. The van der Waals surface area contributed by atoms with Gasteiger partial charge < -0.3 is 19.7 Å². The lowest BCUT2D eigenvalue weighted by molar-refractivity contribution is 0.0530. The second kappa shape index (κ2) is 6.86. The Hall–Kier alpha value is -1.75. The Morgan fingerprint density at radius 1 is 1.39 bits per heavy atom. The third-order valence-electron chi connectivity index (χ3n) is 2.63. The van der Waals surface area contributed by atoms with E-state index in [0.29, 0.717) is 39.5 Å². The topological polar surface area (TPSA) is 50.8 Å². The number of hydrogen-bond donors (Lipinski definition) is 1. The maximum Gasteiger partial charge on any atom is 0.317 e. The Morgan fingerprint density at radius 3 is 2.83 bits per heavy atom. The monoisotopic (exact) mass is 249 g/mol. The molecule has 1 fully saturated rings. The molecule has 2 rings (SSSR count). The predicted octanol–water partition coefficient (Wildman–Crippen LogP) is 0.907. The zero-order valence-corrected chi connectivity index (χ0v) is 10.2. The zero-order chi connectivity index (χ0) is 12.6. The molecule has 0 aliphatic carbocycles. The van der Waals surface area contributed by atoms with Crippen LogP contribution in [0, 0.1) is 6.07 Å². The average Bonchev–Trinajstić information content (AvgIpc) is 2.45. The van der Waals surface area contributed by atoms with Crippen LogP contribution in [-0.4, -0.2) is 50.4 Å².